The van der Waals surface area contributed by atoms with E-state index in [-0.39, 0.29) is 11.5 Å². The fraction of sp³-hybridized carbons (Fsp3) is 0.250. The molecule has 0 bridgehead atoms. The van der Waals surface area contributed by atoms with Crippen LogP contribution in [0.5, 0.6) is 0 Å². The van der Waals surface area contributed by atoms with E-state index in [0.717, 1.165) is 12.4 Å². The van der Waals surface area contributed by atoms with Gasteiger partial charge >= 0.3 is 0 Å². The molecule has 13 heavy (non-hydrogen) atoms. The third-order valence-electron chi connectivity index (χ3n) is 1.10. The van der Waals surface area contributed by atoms with Crippen LogP contribution in [-0.4, -0.2) is 19.9 Å². The molecule has 4 N–H and O–H groups in total. The maximum absolute atomic E-state index is 11.1. The second-order valence-electron chi connectivity index (χ2n) is 2.15. The third-order valence-corrected chi connectivity index (χ3v) is 2.45. The molecule has 0 aliphatic carbocycles. The molecule has 0 saturated heterocycles. The van der Waals surface area contributed by atoms with Crippen LogP contribution in [-0.2, 0) is 9.84 Å². The van der Waals surface area contributed by atoms with Gasteiger partial charge in [-0.05, 0) is 12.2 Å². The molecule has 0 saturated carbocycles. The summed E-state index contributed by atoms with van der Waals surface area (Å²) >= 11 is 0. The SMILES string of the molecule is NC=C=CCS(=O)(=O)CC=C=CN. The summed E-state index contributed by atoms with van der Waals surface area (Å²) in [5, 5.41) is 0. The van der Waals surface area contributed by atoms with Gasteiger partial charge in [-0.2, -0.15) is 0 Å². The molecule has 0 spiro atoms. The van der Waals surface area contributed by atoms with Crippen molar-refractivity contribution in [2.75, 3.05) is 11.5 Å². The molecule has 0 aliphatic rings. The lowest BCUT2D eigenvalue weighted by Gasteiger charge is -1.92. The summed E-state index contributed by atoms with van der Waals surface area (Å²) in [7, 11) is -3.11. The highest BCUT2D eigenvalue weighted by Gasteiger charge is 2.04. The second kappa shape index (κ2) is 6.14. The van der Waals surface area contributed by atoms with Gasteiger partial charge in [-0.1, -0.05) is 0 Å². The molecule has 0 aliphatic heterocycles. The molecule has 0 heterocycles. The molecule has 0 aromatic carbocycles. The Morgan fingerprint density at radius 1 is 1.00 bits per heavy atom. The zero-order valence-corrected chi connectivity index (χ0v) is 7.92. The Balaban J connectivity index is 4.26. The van der Waals surface area contributed by atoms with E-state index in [1.807, 2.05) is 0 Å². The monoisotopic (exact) mass is 200 g/mol. The van der Waals surface area contributed by atoms with Gasteiger partial charge in [0.25, 0.3) is 0 Å². The van der Waals surface area contributed by atoms with Gasteiger partial charge in [-0.3, -0.25) is 0 Å². The number of hydrogen-bond acceptors (Lipinski definition) is 4. The summed E-state index contributed by atoms with van der Waals surface area (Å²) in [5.41, 5.74) is 14.9. The minimum atomic E-state index is -3.11. The van der Waals surface area contributed by atoms with Crippen molar-refractivity contribution < 1.29 is 8.42 Å². The molecule has 0 atom stereocenters. The van der Waals surface area contributed by atoms with Gasteiger partial charge < -0.3 is 11.5 Å². The second-order valence-corrected chi connectivity index (χ2v) is 4.31. The van der Waals surface area contributed by atoms with Crippen LogP contribution >= 0.6 is 0 Å². The summed E-state index contributed by atoms with van der Waals surface area (Å²) in [5.74, 6) is -0.160. The predicted octanol–water partition coefficient (Wildman–Crippen LogP) is -0.344. The number of rotatable bonds is 4. The Morgan fingerprint density at radius 2 is 1.38 bits per heavy atom. The highest BCUT2D eigenvalue weighted by atomic mass is 32.2. The van der Waals surface area contributed by atoms with Gasteiger partial charge in [-0.25, -0.2) is 8.42 Å². The van der Waals surface area contributed by atoms with E-state index in [4.69, 9.17) is 11.5 Å². The fourth-order valence-electron chi connectivity index (χ4n) is 0.554. The maximum Gasteiger partial charge on any atom is 0.158 e. The molecular weight excluding hydrogens is 188 g/mol. The summed E-state index contributed by atoms with van der Waals surface area (Å²) in [6.45, 7) is 0. The minimum absolute atomic E-state index is 0.0799. The average molecular weight is 200 g/mol. The molecule has 72 valence electrons. The summed E-state index contributed by atoms with van der Waals surface area (Å²) in [4.78, 5) is 0. The van der Waals surface area contributed by atoms with E-state index in [9.17, 15) is 8.42 Å². The Labute approximate surface area is 77.8 Å². The first kappa shape index (κ1) is 11.6. The molecular formula is C8H12N2O2S. The van der Waals surface area contributed by atoms with Crippen LogP contribution < -0.4 is 11.5 Å². The maximum atomic E-state index is 11.1. The van der Waals surface area contributed by atoms with Gasteiger partial charge in [0, 0.05) is 12.4 Å². The first-order chi connectivity index (χ1) is 6.12. The fourth-order valence-corrected chi connectivity index (χ4v) is 1.39. The van der Waals surface area contributed by atoms with E-state index in [1.54, 1.807) is 0 Å². The minimum Gasteiger partial charge on any atom is -0.398 e. The highest BCUT2D eigenvalue weighted by Crippen LogP contribution is 1.90. The first-order valence-electron chi connectivity index (χ1n) is 3.55. The first-order valence-corrected chi connectivity index (χ1v) is 5.37. The van der Waals surface area contributed by atoms with Crippen LogP contribution in [0.2, 0.25) is 0 Å². The van der Waals surface area contributed by atoms with E-state index in [1.165, 1.54) is 12.2 Å². The van der Waals surface area contributed by atoms with Crippen LogP contribution in [0.4, 0.5) is 0 Å². The molecule has 0 aromatic heterocycles. The van der Waals surface area contributed by atoms with Gasteiger partial charge in [0.2, 0.25) is 0 Å². The summed E-state index contributed by atoms with van der Waals surface area (Å²) in [6.07, 6.45) is 5.03. The van der Waals surface area contributed by atoms with Crippen molar-refractivity contribution in [2.24, 2.45) is 11.5 Å². The third kappa shape index (κ3) is 6.97. The lowest BCUT2D eigenvalue weighted by molar-refractivity contribution is 0.602. The predicted molar refractivity (Wildman–Crippen MR) is 52.3 cm³/mol. The number of nitrogens with two attached hydrogens (primary N) is 2. The summed E-state index contributed by atoms with van der Waals surface area (Å²) < 4.78 is 22.3. The van der Waals surface area contributed by atoms with Crippen LogP contribution in [0.3, 0.4) is 0 Å². The van der Waals surface area contributed by atoms with E-state index >= 15 is 0 Å². The van der Waals surface area contributed by atoms with Crippen molar-refractivity contribution in [2.45, 2.75) is 0 Å². The van der Waals surface area contributed by atoms with Crippen molar-refractivity contribution in [1.82, 2.24) is 0 Å². The Bertz CT molecular complexity index is 326. The zero-order chi connectivity index (χ0) is 10.2. The molecule has 0 fully saturated rings. The van der Waals surface area contributed by atoms with Gasteiger partial charge in [0.1, 0.15) is 0 Å². The Kier molecular flexibility index (Phi) is 5.48. The topological polar surface area (TPSA) is 86.2 Å². The quantitative estimate of drug-likeness (QED) is 0.608. The van der Waals surface area contributed by atoms with Crippen molar-refractivity contribution in [3.05, 3.63) is 36.0 Å². The van der Waals surface area contributed by atoms with Gasteiger partial charge in [0.15, 0.2) is 9.84 Å². The normalized spacial score (nSPS) is 9.23. The Hall–Kier alpha value is -1.41. The van der Waals surface area contributed by atoms with E-state index in [0.29, 0.717) is 0 Å². The van der Waals surface area contributed by atoms with Crippen LogP contribution in [0.25, 0.3) is 0 Å². The largest absolute Gasteiger partial charge is 0.398 e. The van der Waals surface area contributed by atoms with Crippen molar-refractivity contribution in [3.8, 4) is 0 Å². The number of hydrogen-bond donors (Lipinski definition) is 2. The average Bonchev–Trinajstić information content (AvgIpc) is 2.05. The van der Waals surface area contributed by atoms with Crippen molar-refractivity contribution in [3.63, 3.8) is 0 Å². The number of sulfone groups is 1. The molecule has 0 rings (SSSR count). The van der Waals surface area contributed by atoms with E-state index in [2.05, 4.69) is 11.5 Å². The van der Waals surface area contributed by atoms with Crippen LogP contribution in [0.15, 0.2) is 36.0 Å². The van der Waals surface area contributed by atoms with Crippen molar-refractivity contribution >= 4 is 9.84 Å². The van der Waals surface area contributed by atoms with Crippen molar-refractivity contribution in [1.29, 1.82) is 0 Å². The molecule has 0 aromatic rings. The highest BCUT2D eigenvalue weighted by molar-refractivity contribution is 7.91. The standard InChI is InChI=1S/C8H12N2O2S/c9-5-1-3-7-13(11,12)8-4-2-6-10/h3-6H,7-10H2. The summed E-state index contributed by atoms with van der Waals surface area (Å²) in [6, 6.07) is 0. The lowest BCUT2D eigenvalue weighted by Crippen LogP contribution is -2.06. The molecule has 0 radical (unpaired) electrons. The zero-order valence-electron chi connectivity index (χ0n) is 7.10. The van der Waals surface area contributed by atoms with Crippen LogP contribution in [0, 0.1) is 0 Å². The molecule has 4 nitrogen and oxygen atoms in total. The lowest BCUT2D eigenvalue weighted by atomic mass is 10.7. The van der Waals surface area contributed by atoms with Gasteiger partial charge in [0.05, 0.1) is 11.5 Å². The van der Waals surface area contributed by atoms with Crippen LogP contribution in [0.1, 0.15) is 0 Å². The van der Waals surface area contributed by atoms with Gasteiger partial charge in [-0.15, -0.1) is 11.5 Å². The van der Waals surface area contributed by atoms with E-state index < -0.39 is 9.84 Å². The smallest absolute Gasteiger partial charge is 0.158 e. The molecule has 0 amide bonds. The molecule has 0 unspecified atom stereocenters. The molecule has 5 heteroatoms. The Morgan fingerprint density at radius 3 is 1.69 bits per heavy atom.